The summed E-state index contributed by atoms with van der Waals surface area (Å²) < 4.78 is 7.34. The van der Waals surface area contributed by atoms with Gasteiger partial charge in [-0.2, -0.15) is 15.0 Å². The van der Waals surface area contributed by atoms with Gasteiger partial charge in [0.15, 0.2) is 5.82 Å². The summed E-state index contributed by atoms with van der Waals surface area (Å²) in [5.41, 5.74) is 6.69. The summed E-state index contributed by atoms with van der Waals surface area (Å²) in [6, 6.07) is 7.42. The molecule has 1 aromatic carbocycles. The lowest BCUT2D eigenvalue weighted by Crippen LogP contribution is -2.31. The predicted molar refractivity (Wildman–Crippen MR) is 93.8 cm³/mol. The molecular weight excluding hydrogens is 334 g/mol. The number of hydrogen-bond acceptors (Lipinski definition) is 9. The van der Waals surface area contributed by atoms with Gasteiger partial charge < -0.3 is 15.4 Å². The zero-order valence-corrected chi connectivity index (χ0v) is 14.2. The number of ether oxygens (including phenoxy) is 1. The molecular formula is C16H19N9O. The minimum Gasteiger partial charge on any atom is -0.486 e. The quantitative estimate of drug-likeness (QED) is 0.716. The zero-order valence-electron chi connectivity index (χ0n) is 14.2. The number of nitrogens with zero attached hydrogens (tertiary/aromatic N) is 8. The normalized spacial score (nSPS) is 14.4. The summed E-state index contributed by atoms with van der Waals surface area (Å²) >= 11 is 0. The molecule has 0 bridgehead atoms. The maximum absolute atomic E-state index is 5.84. The smallest absolute Gasteiger partial charge is 0.230 e. The molecule has 0 unspecified atom stereocenters. The van der Waals surface area contributed by atoms with Gasteiger partial charge in [-0.1, -0.05) is 0 Å². The molecule has 1 aliphatic heterocycles. The van der Waals surface area contributed by atoms with Crippen LogP contribution >= 0.6 is 0 Å². The van der Waals surface area contributed by atoms with E-state index >= 15 is 0 Å². The zero-order chi connectivity index (χ0) is 17.8. The van der Waals surface area contributed by atoms with E-state index in [-0.39, 0.29) is 12.6 Å². The first kappa shape index (κ1) is 16.2. The first-order chi connectivity index (χ1) is 12.8. The summed E-state index contributed by atoms with van der Waals surface area (Å²) in [5.74, 6) is 2.06. The van der Waals surface area contributed by atoms with Gasteiger partial charge in [0.05, 0.1) is 5.69 Å². The topological polar surface area (TPSA) is 121 Å². The Balaban J connectivity index is 1.43. The van der Waals surface area contributed by atoms with Crippen LogP contribution in [0.4, 0.5) is 11.9 Å². The van der Waals surface area contributed by atoms with Crippen molar-refractivity contribution < 1.29 is 4.74 Å². The lowest BCUT2D eigenvalue weighted by Gasteiger charge is -2.26. The third kappa shape index (κ3) is 3.68. The van der Waals surface area contributed by atoms with Gasteiger partial charge in [-0.3, -0.25) is 0 Å². The van der Waals surface area contributed by atoms with E-state index in [1.54, 1.807) is 4.68 Å². The molecule has 0 saturated carbocycles. The highest BCUT2D eigenvalue weighted by Gasteiger charge is 2.15. The van der Waals surface area contributed by atoms with Gasteiger partial charge >= 0.3 is 0 Å². The molecule has 134 valence electrons. The highest BCUT2D eigenvalue weighted by Crippen LogP contribution is 2.18. The van der Waals surface area contributed by atoms with Crippen molar-refractivity contribution in [3.8, 4) is 11.4 Å². The summed E-state index contributed by atoms with van der Waals surface area (Å²) in [5, 5.41) is 11.1. The molecule has 0 radical (unpaired) electrons. The fourth-order valence-electron chi connectivity index (χ4n) is 2.85. The number of rotatable bonds is 5. The Morgan fingerprint density at radius 3 is 2.54 bits per heavy atom. The number of aromatic nitrogens is 7. The molecule has 3 heterocycles. The first-order valence-corrected chi connectivity index (χ1v) is 8.49. The average Bonchev–Trinajstić information content (AvgIpc) is 3.22. The maximum Gasteiger partial charge on any atom is 0.230 e. The summed E-state index contributed by atoms with van der Waals surface area (Å²) in [6.07, 6.45) is 5.06. The van der Waals surface area contributed by atoms with E-state index in [4.69, 9.17) is 10.5 Å². The van der Waals surface area contributed by atoms with Crippen LogP contribution in [-0.4, -0.2) is 48.2 Å². The molecule has 10 heteroatoms. The molecule has 4 rings (SSSR count). The van der Waals surface area contributed by atoms with Crippen LogP contribution in [-0.2, 0) is 6.61 Å². The molecule has 0 spiro atoms. The Morgan fingerprint density at radius 2 is 1.81 bits per heavy atom. The molecule has 2 N–H and O–H groups in total. The van der Waals surface area contributed by atoms with Gasteiger partial charge in [-0.15, -0.1) is 5.10 Å². The van der Waals surface area contributed by atoms with Crippen LogP contribution in [0.3, 0.4) is 0 Å². The van der Waals surface area contributed by atoms with Gasteiger partial charge in [-0.25, -0.2) is 4.68 Å². The average molecular weight is 353 g/mol. The summed E-state index contributed by atoms with van der Waals surface area (Å²) in [6.45, 7) is 2.11. The minimum absolute atomic E-state index is 0.216. The number of hydrogen-bond donors (Lipinski definition) is 1. The van der Waals surface area contributed by atoms with E-state index in [2.05, 4.69) is 35.4 Å². The van der Waals surface area contributed by atoms with Crippen molar-refractivity contribution in [2.75, 3.05) is 23.7 Å². The Morgan fingerprint density at radius 1 is 1.00 bits per heavy atom. The van der Waals surface area contributed by atoms with Gasteiger partial charge in [0.1, 0.15) is 18.7 Å². The Kier molecular flexibility index (Phi) is 4.54. The number of nitrogen functional groups attached to an aromatic ring is 1. The number of nitrogens with two attached hydrogens (primary N) is 1. The lowest BCUT2D eigenvalue weighted by molar-refractivity contribution is 0.295. The van der Waals surface area contributed by atoms with Crippen molar-refractivity contribution in [2.45, 2.75) is 25.9 Å². The molecule has 1 aliphatic rings. The number of benzene rings is 1. The maximum atomic E-state index is 5.84. The van der Waals surface area contributed by atoms with Gasteiger partial charge in [0.2, 0.25) is 11.9 Å². The molecule has 2 aromatic heterocycles. The van der Waals surface area contributed by atoms with Crippen molar-refractivity contribution >= 4 is 11.9 Å². The minimum atomic E-state index is 0.216. The highest BCUT2D eigenvalue weighted by atomic mass is 16.5. The second-order valence-electron chi connectivity index (χ2n) is 5.99. The number of anilines is 2. The largest absolute Gasteiger partial charge is 0.486 e. The van der Waals surface area contributed by atoms with Crippen LogP contribution in [0.15, 0.2) is 30.6 Å². The Labute approximate surface area is 150 Å². The number of piperidine rings is 1. The number of tetrazole rings is 1. The van der Waals surface area contributed by atoms with Crippen molar-refractivity contribution in [3.05, 3.63) is 36.4 Å². The van der Waals surface area contributed by atoms with Crippen molar-refractivity contribution in [1.29, 1.82) is 0 Å². The van der Waals surface area contributed by atoms with Crippen molar-refractivity contribution in [2.24, 2.45) is 0 Å². The van der Waals surface area contributed by atoms with Crippen LogP contribution in [0.1, 0.15) is 25.1 Å². The molecule has 3 aromatic rings. The first-order valence-electron chi connectivity index (χ1n) is 8.49. The van der Waals surface area contributed by atoms with Gasteiger partial charge in [-0.05, 0) is 54.0 Å². The van der Waals surface area contributed by atoms with E-state index in [9.17, 15) is 0 Å². The molecule has 10 nitrogen and oxygen atoms in total. The van der Waals surface area contributed by atoms with E-state index < -0.39 is 0 Å². The predicted octanol–water partition coefficient (Wildman–Crippen LogP) is 0.999. The van der Waals surface area contributed by atoms with Gasteiger partial charge in [0, 0.05) is 13.1 Å². The SMILES string of the molecule is Nc1nc(COc2ccc(-n3cnnn3)cc2)nc(N2CCCCC2)n1. The fraction of sp³-hybridized carbons (Fsp3) is 0.375. The van der Waals surface area contributed by atoms with Crippen molar-refractivity contribution in [1.82, 2.24) is 35.2 Å². The van der Waals surface area contributed by atoms with E-state index in [0.29, 0.717) is 17.5 Å². The molecule has 0 amide bonds. The molecule has 26 heavy (non-hydrogen) atoms. The standard InChI is InChI=1S/C16H19N9O/c17-15-19-14(20-16(21-15)24-8-2-1-3-9-24)10-26-13-6-4-12(5-7-13)25-11-18-22-23-25/h4-7,11H,1-3,8-10H2,(H2,17,19,20,21). The lowest BCUT2D eigenvalue weighted by atomic mass is 10.1. The van der Waals surface area contributed by atoms with Crippen LogP contribution in [0.2, 0.25) is 0 Å². The van der Waals surface area contributed by atoms with Gasteiger partial charge in [0.25, 0.3) is 0 Å². The van der Waals surface area contributed by atoms with E-state index in [1.165, 1.54) is 12.7 Å². The molecule has 0 atom stereocenters. The van der Waals surface area contributed by atoms with E-state index in [1.807, 2.05) is 24.3 Å². The van der Waals surface area contributed by atoms with E-state index in [0.717, 1.165) is 31.6 Å². The van der Waals surface area contributed by atoms with Crippen molar-refractivity contribution in [3.63, 3.8) is 0 Å². The Bertz CT molecular complexity index is 845. The third-order valence-corrected chi connectivity index (χ3v) is 4.14. The molecule has 1 saturated heterocycles. The molecule has 1 fully saturated rings. The van der Waals surface area contributed by atoms with Crippen LogP contribution in [0.5, 0.6) is 5.75 Å². The monoisotopic (exact) mass is 353 g/mol. The van der Waals surface area contributed by atoms with Crippen LogP contribution in [0.25, 0.3) is 5.69 Å². The fourth-order valence-corrected chi connectivity index (χ4v) is 2.85. The second-order valence-corrected chi connectivity index (χ2v) is 5.99. The third-order valence-electron chi connectivity index (χ3n) is 4.14. The molecule has 0 aliphatic carbocycles. The highest BCUT2D eigenvalue weighted by molar-refractivity contribution is 5.37. The van der Waals surface area contributed by atoms with Crippen LogP contribution in [0, 0.1) is 0 Å². The Hall–Kier alpha value is -3.30. The van der Waals surface area contributed by atoms with Crippen LogP contribution < -0.4 is 15.4 Å². The summed E-state index contributed by atoms with van der Waals surface area (Å²) in [7, 11) is 0. The second kappa shape index (κ2) is 7.30. The summed E-state index contributed by atoms with van der Waals surface area (Å²) in [4.78, 5) is 15.1.